The summed E-state index contributed by atoms with van der Waals surface area (Å²) in [6.45, 7) is 1.24. The normalized spacial score (nSPS) is 10.9. The maximum absolute atomic E-state index is 13.2. The average Bonchev–Trinajstić information content (AvgIpc) is 3.30. The van der Waals surface area contributed by atoms with Crippen LogP contribution in [0.2, 0.25) is 5.02 Å². The van der Waals surface area contributed by atoms with Gasteiger partial charge in [-0.3, -0.25) is 4.79 Å². The number of esters is 1. The van der Waals surface area contributed by atoms with Crippen molar-refractivity contribution in [2.75, 3.05) is 55.6 Å². The Kier molecular flexibility index (Phi) is 8.37. The molecule has 0 unspecified atom stereocenters. The van der Waals surface area contributed by atoms with Gasteiger partial charge in [0.15, 0.2) is 5.69 Å². The lowest BCUT2D eigenvalue weighted by atomic mass is 10.1. The fraction of sp³-hybridized carbons (Fsp3) is 0.320. The van der Waals surface area contributed by atoms with Gasteiger partial charge in [0, 0.05) is 20.1 Å². The van der Waals surface area contributed by atoms with Crippen LogP contribution >= 0.6 is 11.6 Å². The first-order valence-corrected chi connectivity index (χ1v) is 11.2. The molecule has 186 valence electrons. The maximum Gasteiger partial charge on any atom is 0.358 e. The number of amides is 1. The fourth-order valence-corrected chi connectivity index (χ4v) is 3.73. The number of ether oxygens (including phenoxy) is 3. The Hall–Kier alpha value is -3.56. The highest BCUT2D eigenvalue weighted by Gasteiger charge is 2.24. The Morgan fingerprint density at radius 2 is 1.63 bits per heavy atom. The number of hydrogen-bond acceptors (Lipinski definition) is 7. The third kappa shape index (κ3) is 5.58. The molecule has 1 aromatic heterocycles. The molecule has 0 bridgehead atoms. The predicted octanol–water partition coefficient (Wildman–Crippen LogP) is 3.63. The van der Waals surface area contributed by atoms with Crippen LogP contribution in [-0.4, -0.2) is 87.0 Å². The molecular weight excluding hydrogens is 472 g/mol. The minimum atomic E-state index is -0.604. The van der Waals surface area contributed by atoms with Crippen LogP contribution in [0.25, 0.3) is 16.9 Å². The number of hydrogen-bond donors (Lipinski definition) is 0. The summed E-state index contributed by atoms with van der Waals surface area (Å²) in [5.74, 6) is 0.217. The summed E-state index contributed by atoms with van der Waals surface area (Å²) in [5, 5.41) is 4.78. The van der Waals surface area contributed by atoms with Gasteiger partial charge in [0.1, 0.15) is 11.5 Å². The SMILES string of the molecule is COC(=O)c1cc(-c2c(OC)cccc2OC)n(-c2ccc(Cl)c(C(=O)N(C)CCN(C)C)c2)n1. The lowest BCUT2D eigenvalue weighted by molar-refractivity contribution is 0.0593. The number of carbonyl (C=O) groups excluding carboxylic acids is 2. The smallest absolute Gasteiger partial charge is 0.358 e. The van der Waals surface area contributed by atoms with Crippen molar-refractivity contribution < 1.29 is 23.8 Å². The summed E-state index contributed by atoms with van der Waals surface area (Å²) >= 11 is 6.41. The molecule has 0 radical (unpaired) electrons. The molecule has 0 aliphatic carbocycles. The highest BCUT2D eigenvalue weighted by Crippen LogP contribution is 2.40. The van der Waals surface area contributed by atoms with Gasteiger partial charge >= 0.3 is 5.97 Å². The van der Waals surface area contributed by atoms with Gasteiger partial charge < -0.3 is 24.0 Å². The summed E-state index contributed by atoms with van der Waals surface area (Å²) in [5.41, 5.74) is 2.03. The number of aromatic nitrogens is 2. The van der Waals surface area contributed by atoms with E-state index in [-0.39, 0.29) is 11.6 Å². The zero-order valence-electron chi connectivity index (χ0n) is 20.7. The Labute approximate surface area is 209 Å². The molecule has 3 rings (SSSR count). The summed E-state index contributed by atoms with van der Waals surface area (Å²) < 4.78 is 17.6. The van der Waals surface area contributed by atoms with E-state index in [0.29, 0.717) is 52.1 Å². The van der Waals surface area contributed by atoms with Crippen molar-refractivity contribution in [2.45, 2.75) is 0 Å². The molecule has 0 N–H and O–H groups in total. The van der Waals surface area contributed by atoms with Crippen molar-refractivity contribution in [1.29, 1.82) is 0 Å². The van der Waals surface area contributed by atoms with Gasteiger partial charge in [-0.2, -0.15) is 5.10 Å². The fourth-order valence-electron chi connectivity index (χ4n) is 3.53. The zero-order valence-corrected chi connectivity index (χ0v) is 21.4. The number of halogens is 1. The zero-order chi connectivity index (χ0) is 25.7. The van der Waals surface area contributed by atoms with Crippen LogP contribution in [0.5, 0.6) is 11.5 Å². The molecule has 3 aromatic rings. The van der Waals surface area contributed by atoms with Gasteiger partial charge in [-0.05, 0) is 50.5 Å². The minimum absolute atomic E-state index is 0.0846. The summed E-state index contributed by atoms with van der Waals surface area (Å²) in [6, 6.07) is 12.0. The minimum Gasteiger partial charge on any atom is -0.496 e. The molecule has 1 heterocycles. The first kappa shape index (κ1) is 26.1. The molecule has 2 aromatic carbocycles. The average molecular weight is 501 g/mol. The maximum atomic E-state index is 13.2. The topological polar surface area (TPSA) is 86.1 Å². The molecule has 1 amide bonds. The van der Waals surface area contributed by atoms with Crippen molar-refractivity contribution in [3.8, 4) is 28.4 Å². The molecule has 0 spiro atoms. The van der Waals surface area contributed by atoms with E-state index in [1.54, 1.807) is 73.3 Å². The van der Waals surface area contributed by atoms with Gasteiger partial charge in [0.25, 0.3) is 5.91 Å². The number of methoxy groups -OCH3 is 3. The molecule has 10 heteroatoms. The van der Waals surface area contributed by atoms with Crippen LogP contribution in [-0.2, 0) is 4.74 Å². The number of benzene rings is 2. The van der Waals surface area contributed by atoms with Gasteiger partial charge in [0.05, 0.1) is 48.9 Å². The van der Waals surface area contributed by atoms with E-state index in [0.717, 1.165) is 0 Å². The first-order chi connectivity index (χ1) is 16.7. The van der Waals surface area contributed by atoms with E-state index >= 15 is 0 Å². The van der Waals surface area contributed by atoms with Gasteiger partial charge in [-0.25, -0.2) is 9.48 Å². The molecule has 35 heavy (non-hydrogen) atoms. The van der Waals surface area contributed by atoms with E-state index in [4.69, 9.17) is 25.8 Å². The Morgan fingerprint density at radius 1 is 0.971 bits per heavy atom. The number of carbonyl (C=O) groups is 2. The number of likely N-dealkylation sites (N-methyl/N-ethyl adjacent to an activating group) is 2. The molecule has 9 nitrogen and oxygen atoms in total. The first-order valence-electron chi connectivity index (χ1n) is 10.8. The standard InChI is InChI=1S/C25H29ClN4O5/c1-28(2)12-13-29(3)24(31)17-14-16(10-11-18(17)26)30-20(15-19(27-30)25(32)35-6)23-21(33-4)8-7-9-22(23)34-5/h7-11,14-15H,12-13H2,1-6H3. The molecule has 0 fully saturated rings. The second-order valence-electron chi connectivity index (χ2n) is 8.05. The molecule has 0 saturated heterocycles. The van der Waals surface area contributed by atoms with Gasteiger partial charge in [0.2, 0.25) is 0 Å². The second-order valence-corrected chi connectivity index (χ2v) is 8.46. The Morgan fingerprint density at radius 3 is 2.20 bits per heavy atom. The number of nitrogens with zero attached hydrogens (tertiary/aromatic N) is 4. The predicted molar refractivity (Wildman–Crippen MR) is 134 cm³/mol. The third-order valence-corrected chi connectivity index (χ3v) is 5.77. The lowest BCUT2D eigenvalue weighted by Crippen LogP contribution is -2.33. The van der Waals surface area contributed by atoms with Crippen molar-refractivity contribution in [3.05, 3.63) is 58.7 Å². The van der Waals surface area contributed by atoms with Crippen LogP contribution in [0.1, 0.15) is 20.8 Å². The van der Waals surface area contributed by atoms with Crippen molar-refractivity contribution >= 4 is 23.5 Å². The molecular formula is C25H29ClN4O5. The lowest BCUT2D eigenvalue weighted by Gasteiger charge is -2.21. The monoisotopic (exact) mass is 500 g/mol. The van der Waals surface area contributed by atoms with E-state index in [1.807, 2.05) is 19.0 Å². The van der Waals surface area contributed by atoms with E-state index in [9.17, 15) is 9.59 Å². The summed E-state index contributed by atoms with van der Waals surface area (Å²) in [7, 11) is 9.98. The van der Waals surface area contributed by atoms with Crippen molar-refractivity contribution in [3.63, 3.8) is 0 Å². The van der Waals surface area contributed by atoms with Crippen molar-refractivity contribution in [2.24, 2.45) is 0 Å². The summed E-state index contributed by atoms with van der Waals surface area (Å²) in [4.78, 5) is 29.1. The second kappa shape index (κ2) is 11.2. The highest BCUT2D eigenvalue weighted by atomic mass is 35.5. The van der Waals surface area contributed by atoms with E-state index in [1.165, 1.54) is 7.11 Å². The molecule has 0 aliphatic heterocycles. The molecule has 0 atom stereocenters. The summed E-state index contributed by atoms with van der Waals surface area (Å²) in [6.07, 6.45) is 0. The highest BCUT2D eigenvalue weighted by molar-refractivity contribution is 6.33. The Bertz CT molecular complexity index is 1200. The molecule has 0 saturated carbocycles. The van der Waals surface area contributed by atoms with Crippen LogP contribution in [0.4, 0.5) is 0 Å². The van der Waals surface area contributed by atoms with E-state index in [2.05, 4.69) is 5.10 Å². The van der Waals surface area contributed by atoms with Crippen LogP contribution in [0.3, 0.4) is 0 Å². The quantitative estimate of drug-likeness (QED) is 0.415. The Balaban J connectivity index is 2.18. The van der Waals surface area contributed by atoms with Gasteiger partial charge in [-0.1, -0.05) is 17.7 Å². The molecule has 0 aliphatic rings. The van der Waals surface area contributed by atoms with E-state index < -0.39 is 5.97 Å². The largest absolute Gasteiger partial charge is 0.496 e. The van der Waals surface area contributed by atoms with Crippen LogP contribution in [0.15, 0.2) is 42.5 Å². The van der Waals surface area contributed by atoms with Crippen LogP contribution < -0.4 is 9.47 Å². The third-order valence-electron chi connectivity index (χ3n) is 5.44. The van der Waals surface area contributed by atoms with Gasteiger partial charge in [-0.15, -0.1) is 0 Å². The van der Waals surface area contributed by atoms with Crippen molar-refractivity contribution in [1.82, 2.24) is 19.6 Å². The number of rotatable bonds is 9. The van der Waals surface area contributed by atoms with Crippen LogP contribution in [0, 0.1) is 0 Å².